The summed E-state index contributed by atoms with van der Waals surface area (Å²) in [7, 11) is 0. The van der Waals surface area contributed by atoms with Crippen molar-refractivity contribution in [3.8, 4) is 0 Å². The zero-order chi connectivity index (χ0) is 14.7. The lowest BCUT2D eigenvalue weighted by Gasteiger charge is -2.42. The number of rotatable bonds is 5. The van der Waals surface area contributed by atoms with Crippen molar-refractivity contribution in [3.05, 3.63) is 0 Å². The third-order valence-electron chi connectivity index (χ3n) is 6.29. The van der Waals surface area contributed by atoms with Crippen LogP contribution in [0.4, 0.5) is 0 Å². The first-order valence-electron chi connectivity index (χ1n) is 9.53. The molecule has 2 saturated heterocycles. The highest BCUT2D eigenvalue weighted by atomic mass is 15.3. The second kappa shape index (κ2) is 7.43. The molecular weight excluding hydrogens is 258 g/mol. The van der Waals surface area contributed by atoms with Crippen molar-refractivity contribution in [2.75, 3.05) is 32.7 Å². The van der Waals surface area contributed by atoms with Crippen LogP contribution in [0.15, 0.2) is 0 Å². The topological polar surface area (TPSA) is 18.5 Å². The van der Waals surface area contributed by atoms with Gasteiger partial charge in [0.15, 0.2) is 0 Å². The minimum Gasteiger partial charge on any atom is -0.313 e. The summed E-state index contributed by atoms with van der Waals surface area (Å²) in [6, 6.07) is 2.41. The lowest BCUT2D eigenvalue weighted by molar-refractivity contribution is 0.108. The van der Waals surface area contributed by atoms with Crippen molar-refractivity contribution < 1.29 is 0 Å². The molecule has 0 amide bonds. The van der Waals surface area contributed by atoms with Gasteiger partial charge in [-0.1, -0.05) is 20.3 Å². The molecule has 4 atom stereocenters. The molecule has 3 fully saturated rings. The average molecular weight is 293 g/mol. The zero-order valence-electron chi connectivity index (χ0n) is 14.2. The van der Waals surface area contributed by atoms with Crippen LogP contribution in [-0.4, -0.2) is 60.6 Å². The van der Waals surface area contributed by atoms with E-state index >= 15 is 0 Å². The number of hydrogen-bond donors (Lipinski definition) is 1. The Kier molecular flexibility index (Phi) is 5.58. The summed E-state index contributed by atoms with van der Waals surface area (Å²) >= 11 is 0. The van der Waals surface area contributed by atoms with Crippen LogP contribution in [0.5, 0.6) is 0 Å². The molecule has 1 aliphatic carbocycles. The molecule has 4 unspecified atom stereocenters. The molecule has 0 bridgehead atoms. The van der Waals surface area contributed by atoms with Gasteiger partial charge in [-0.3, -0.25) is 9.80 Å². The smallest absolute Gasteiger partial charge is 0.0252 e. The minimum atomic E-state index is 0.745. The third kappa shape index (κ3) is 3.62. The largest absolute Gasteiger partial charge is 0.313 e. The van der Waals surface area contributed by atoms with Gasteiger partial charge in [0.25, 0.3) is 0 Å². The van der Waals surface area contributed by atoms with Crippen LogP contribution < -0.4 is 5.32 Å². The standard InChI is InChI=1S/C18H35N3/c1-3-15-7-8-17(19-4-2)18(13-15)21-12-9-16(14-21)20-10-5-6-11-20/h15-19H,3-14H2,1-2H3. The highest BCUT2D eigenvalue weighted by Gasteiger charge is 2.38. The third-order valence-corrected chi connectivity index (χ3v) is 6.29. The monoisotopic (exact) mass is 293 g/mol. The summed E-state index contributed by atoms with van der Waals surface area (Å²) in [6.07, 6.45) is 9.90. The van der Waals surface area contributed by atoms with Crippen LogP contribution in [0, 0.1) is 5.92 Å². The Hall–Kier alpha value is -0.120. The van der Waals surface area contributed by atoms with Crippen LogP contribution in [0.25, 0.3) is 0 Å². The first-order valence-corrected chi connectivity index (χ1v) is 9.53. The van der Waals surface area contributed by atoms with E-state index < -0.39 is 0 Å². The Morgan fingerprint density at radius 1 is 0.952 bits per heavy atom. The molecule has 1 N–H and O–H groups in total. The fraction of sp³-hybridized carbons (Fsp3) is 1.00. The van der Waals surface area contributed by atoms with Gasteiger partial charge in [0.1, 0.15) is 0 Å². The Morgan fingerprint density at radius 3 is 2.48 bits per heavy atom. The second-order valence-electron chi connectivity index (χ2n) is 7.50. The molecule has 3 aliphatic rings. The van der Waals surface area contributed by atoms with Crippen molar-refractivity contribution in [1.29, 1.82) is 0 Å². The molecule has 3 heteroatoms. The molecule has 0 radical (unpaired) electrons. The normalized spacial score (nSPS) is 39.1. The van der Waals surface area contributed by atoms with Gasteiger partial charge in [0.05, 0.1) is 0 Å². The van der Waals surface area contributed by atoms with Gasteiger partial charge in [0.2, 0.25) is 0 Å². The summed E-state index contributed by atoms with van der Waals surface area (Å²) in [4.78, 5) is 5.61. The maximum absolute atomic E-state index is 3.79. The number of nitrogens with one attached hydrogen (secondary N) is 1. The molecule has 2 aliphatic heterocycles. The Balaban J connectivity index is 1.59. The van der Waals surface area contributed by atoms with Crippen molar-refractivity contribution in [1.82, 2.24) is 15.1 Å². The molecule has 2 heterocycles. The summed E-state index contributed by atoms with van der Waals surface area (Å²) in [5, 5.41) is 3.79. The summed E-state index contributed by atoms with van der Waals surface area (Å²) in [5.74, 6) is 0.968. The quantitative estimate of drug-likeness (QED) is 0.841. The van der Waals surface area contributed by atoms with Crippen LogP contribution in [0.2, 0.25) is 0 Å². The Morgan fingerprint density at radius 2 is 1.76 bits per heavy atom. The van der Waals surface area contributed by atoms with E-state index in [-0.39, 0.29) is 0 Å². The van der Waals surface area contributed by atoms with E-state index in [2.05, 4.69) is 29.0 Å². The van der Waals surface area contributed by atoms with Crippen molar-refractivity contribution in [2.45, 2.75) is 76.9 Å². The van der Waals surface area contributed by atoms with Gasteiger partial charge < -0.3 is 5.32 Å². The molecule has 0 aromatic carbocycles. The number of likely N-dealkylation sites (N-methyl/N-ethyl adjacent to an activating group) is 1. The molecule has 0 aromatic rings. The van der Waals surface area contributed by atoms with E-state index in [4.69, 9.17) is 0 Å². The molecule has 3 rings (SSSR count). The number of likely N-dealkylation sites (tertiary alicyclic amines) is 2. The predicted molar refractivity (Wildman–Crippen MR) is 89.7 cm³/mol. The van der Waals surface area contributed by atoms with Crippen molar-refractivity contribution >= 4 is 0 Å². The fourth-order valence-corrected chi connectivity index (χ4v) is 4.98. The molecule has 3 nitrogen and oxygen atoms in total. The predicted octanol–water partition coefficient (Wildman–Crippen LogP) is 2.71. The fourth-order valence-electron chi connectivity index (χ4n) is 4.98. The highest BCUT2D eigenvalue weighted by Crippen LogP contribution is 2.33. The second-order valence-corrected chi connectivity index (χ2v) is 7.50. The highest BCUT2D eigenvalue weighted by molar-refractivity contribution is 4.96. The average Bonchev–Trinajstić information content (AvgIpc) is 3.19. The molecular formula is C18H35N3. The lowest BCUT2D eigenvalue weighted by Crippen LogP contribution is -2.53. The van der Waals surface area contributed by atoms with Gasteiger partial charge in [-0.05, 0) is 64.1 Å². The van der Waals surface area contributed by atoms with Crippen LogP contribution in [-0.2, 0) is 0 Å². The van der Waals surface area contributed by atoms with Gasteiger partial charge in [-0.25, -0.2) is 0 Å². The van der Waals surface area contributed by atoms with Crippen LogP contribution in [0.3, 0.4) is 0 Å². The van der Waals surface area contributed by atoms with E-state index in [9.17, 15) is 0 Å². The first-order chi connectivity index (χ1) is 10.3. The molecule has 0 aromatic heterocycles. The SMILES string of the molecule is CCNC1CCC(CC)CC1N1CCC(N2CCCC2)C1. The number of nitrogens with zero attached hydrogens (tertiary/aromatic N) is 2. The van der Waals surface area contributed by atoms with E-state index in [1.807, 2.05) is 0 Å². The van der Waals surface area contributed by atoms with Gasteiger partial charge in [-0.2, -0.15) is 0 Å². The van der Waals surface area contributed by atoms with Crippen molar-refractivity contribution in [3.63, 3.8) is 0 Å². The van der Waals surface area contributed by atoms with Crippen LogP contribution in [0.1, 0.15) is 58.8 Å². The van der Waals surface area contributed by atoms with E-state index in [1.54, 1.807) is 0 Å². The molecule has 0 spiro atoms. The summed E-state index contributed by atoms with van der Waals surface area (Å²) in [5.41, 5.74) is 0. The van der Waals surface area contributed by atoms with E-state index in [0.29, 0.717) is 0 Å². The maximum Gasteiger partial charge on any atom is 0.0252 e. The van der Waals surface area contributed by atoms with Crippen LogP contribution >= 0.6 is 0 Å². The molecule has 1 saturated carbocycles. The van der Waals surface area contributed by atoms with Gasteiger partial charge in [-0.15, -0.1) is 0 Å². The van der Waals surface area contributed by atoms with Gasteiger partial charge >= 0.3 is 0 Å². The number of hydrogen-bond acceptors (Lipinski definition) is 3. The molecule has 21 heavy (non-hydrogen) atoms. The van der Waals surface area contributed by atoms with Crippen molar-refractivity contribution in [2.24, 2.45) is 5.92 Å². The Labute approximate surface area is 131 Å². The van der Waals surface area contributed by atoms with Gasteiger partial charge in [0, 0.05) is 31.2 Å². The maximum atomic E-state index is 3.79. The van der Waals surface area contributed by atoms with E-state index in [1.165, 1.54) is 71.1 Å². The summed E-state index contributed by atoms with van der Waals surface area (Å²) < 4.78 is 0. The first kappa shape index (κ1) is 15.8. The van der Waals surface area contributed by atoms with E-state index in [0.717, 1.165) is 30.6 Å². The Bertz CT molecular complexity index is 314. The lowest BCUT2D eigenvalue weighted by atomic mass is 9.80. The minimum absolute atomic E-state index is 0.745. The zero-order valence-corrected chi connectivity index (χ0v) is 14.2. The summed E-state index contributed by atoms with van der Waals surface area (Å²) in [6.45, 7) is 11.2. The molecule has 122 valence electrons.